The smallest absolute Gasteiger partial charge is 0.234 e. The van der Waals surface area contributed by atoms with Gasteiger partial charge in [0.1, 0.15) is 0 Å². The number of amides is 1. The molecule has 0 aliphatic rings. The third-order valence-electron chi connectivity index (χ3n) is 3.78. The van der Waals surface area contributed by atoms with Gasteiger partial charge in [-0.2, -0.15) is 0 Å². The number of hydrogen-bond donors (Lipinski definition) is 1. The third kappa shape index (κ3) is 4.96. The Balaban J connectivity index is 1.70. The molecule has 0 saturated carbocycles. The summed E-state index contributed by atoms with van der Waals surface area (Å²) in [6.07, 6.45) is 0. The van der Waals surface area contributed by atoms with E-state index in [9.17, 15) is 13.2 Å². The molecule has 1 heterocycles. The summed E-state index contributed by atoms with van der Waals surface area (Å²) in [4.78, 5) is 21.2. The summed E-state index contributed by atoms with van der Waals surface area (Å²) in [5, 5.41) is 3.26. The van der Waals surface area contributed by atoms with Crippen molar-refractivity contribution in [2.24, 2.45) is 0 Å². The molecule has 0 aliphatic carbocycles. The number of carbonyl (C=O) groups is 1. The number of benzene rings is 2. The minimum absolute atomic E-state index is 0.124. The van der Waals surface area contributed by atoms with E-state index in [4.69, 9.17) is 0 Å². The normalized spacial score (nSPS) is 11.2. The van der Waals surface area contributed by atoms with Gasteiger partial charge in [-0.05, 0) is 50.2 Å². The highest BCUT2D eigenvalue weighted by atomic mass is 32.2. The fraction of sp³-hybridized carbons (Fsp3) is 0.150. The highest BCUT2D eigenvalue weighted by Crippen LogP contribution is 2.23. The molecule has 1 aromatic heterocycles. The SMILES string of the molecule is Cc1cc(C)nc(SCC(=O)Nc2cccc(S(=O)(=O)c3ccccc3)c2)n1. The number of hydrogen-bond acceptors (Lipinski definition) is 6. The van der Waals surface area contributed by atoms with Gasteiger partial charge in [-0.25, -0.2) is 18.4 Å². The lowest BCUT2D eigenvalue weighted by molar-refractivity contribution is -0.113. The first-order valence-electron chi connectivity index (χ1n) is 8.50. The van der Waals surface area contributed by atoms with Crippen LogP contribution >= 0.6 is 11.8 Å². The predicted octanol–water partition coefficient (Wildman–Crippen LogP) is 3.66. The first kappa shape index (κ1) is 20.0. The van der Waals surface area contributed by atoms with Crippen molar-refractivity contribution in [3.05, 3.63) is 72.1 Å². The number of anilines is 1. The quantitative estimate of drug-likeness (QED) is 0.490. The number of sulfone groups is 1. The van der Waals surface area contributed by atoms with Crippen LogP contribution in [-0.2, 0) is 14.6 Å². The molecule has 0 saturated heterocycles. The second kappa shape index (κ2) is 8.53. The van der Waals surface area contributed by atoms with Crippen LogP contribution in [0.1, 0.15) is 11.4 Å². The van der Waals surface area contributed by atoms with Crippen molar-refractivity contribution < 1.29 is 13.2 Å². The second-order valence-electron chi connectivity index (χ2n) is 6.11. The molecule has 0 unspecified atom stereocenters. The van der Waals surface area contributed by atoms with E-state index in [2.05, 4.69) is 15.3 Å². The van der Waals surface area contributed by atoms with E-state index in [0.717, 1.165) is 11.4 Å². The van der Waals surface area contributed by atoms with Gasteiger partial charge in [-0.1, -0.05) is 36.0 Å². The van der Waals surface area contributed by atoms with E-state index >= 15 is 0 Å². The lowest BCUT2D eigenvalue weighted by atomic mass is 10.3. The summed E-state index contributed by atoms with van der Waals surface area (Å²) in [5.74, 6) is -0.138. The Morgan fingerprint density at radius 3 is 2.25 bits per heavy atom. The molecule has 0 bridgehead atoms. The summed E-state index contributed by atoms with van der Waals surface area (Å²) in [5.41, 5.74) is 2.10. The van der Waals surface area contributed by atoms with E-state index in [0.29, 0.717) is 10.8 Å². The lowest BCUT2D eigenvalue weighted by Crippen LogP contribution is -2.15. The van der Waals surface area contributed by atoms with Crippen LogP contribution in [-0.4, -0.2) is 30.0 Å². The lowest BCUT2D eigenvalue weighted by Gasteiger charge is -2.09. The number of aromatic nitrogens is 2. The molecule has 0 spiro atoms. The molecule has 3 rings (SSSR count). The third-order valence-corrected chi connectivity index (χ3v) is 6.39. The number of nitrogens with one attached hydrogen (secondary N) is 1. The number of nitrogens with zero attached hydrogens (tertiary/aromatic N) is 2. The zero-order chi connectivity index (χ0) is 20.1. The Bertz CT molecular complexity index is 1080. The van der Waals surface area contributed by atoms with Crippen LogP contribution in [0.15, 0.2) is 75.6 Å². The van der Waals surface area contributed by atoms with Crippen molar-refractivity contribution >= 4 is 33.2 Å². The van der Waals surface area contributed by atoms with Crippen LogP contribution in [0.4, 0.5) is 5.69 Å². The number of carbonyl (C=O) groups excluding carboxylic acids is 1. The first-order chi connectivity index (χ1) is 13.3. The highest BCUT2D eigenvalue weighted by Gasteiger charge is 2.18. The van der Waals surface area contributed by atoms with Crippen LogP contribution in [0.3, 0.4) is 0 Å². The Morgan fingerprint density at radius 2 is 1.57 bits per heavy atom. The highest BCUT2D eigenvalue weighted by molar-refractivity contribution is 7.99. The Hall–Kier alpha value is -2.71. The monoisotopic (exact) mass is 413 g/mol. The Morgan fingerprint density at radius 1 is 0.929 bits per heavy atom. The molecule has 0 aliphatic heterocycles. The zero-order valence-electron chi connectivity index (χ0n) is 15.4. The summed E-state index contributed by atoms with van der Waals surface area (Å²) >= 11 is 1.23. The van der Waals surface area contributed by atoms with E-state index in [1.165, 1.54) is 23.9 Å². The zero-order valence-corrected chi connectivity index (χ0v) is 17.0. The second-order valence-corrected chi connectivity index (χ2v) is 9.01. The molecule has 0 radical (unpaired) electrons. The summed E-state index contributed by atoms with van der Waals surface area (Å²) in [7, 11) is -3.64. The molecule has 6 nitrogen and oxygen atoms in total. The molecular weight excluding hydrogens is 394 g/mol. The summed E-state index contributed by atoms with van der Waals surface area (Å²) in [6, 6.07) is 16.3. The molecule has 8 heteroatoms. The van der Waals surface area contributed by atoms with Crippen LogP contribution in [0.2, 0.25) is 0 Å². The molecule has 0 atom stereocenters. The number of rotatable bonds is 6. The Labute approximate surface area is 168 Å². The first-order valence-corrected chi connectivity index (χ1v) is 11.0. The maximum atomic E-state index is 12.7. The van der Waals surface area contributed by atoms with Gasteiger partial charge in [0, 0.05) is 17.1 Å². The Kier molecular flexibility index (Phi) is 6.11. The van der Waals surface area contributed by atoms with Gasteiger partial charge in [0.05, 0.1) is 15.5 Å². The van der Waals surface area contributed by atoms with Crippen LogP contribution in [0, 0.1) is 13.8 Å². The molecule has 144 valence electrons. The molecule has 2 aromatic carbocycles. The van der Waals surface area contributed by atoms with Crippen LogP contribution in [0.25, 0.3) is 0 Å². The predicted molar refractivity (Wildman–Crippen MR) is 109 cm³/mol. The number of thioether (sulfide) groups is 1. The maximum absolute atomic E-state index is 12.7. The van der Waals surface area contributed by atoms with Gasteiger partial charge in [-0.3, -0.25) is 4.79 Å². The van der Waals surface area contributed by atoms with E-state index in [1.54, 1.807) is 42.5 Å². The van der Waals surface area contributed by atoms with E-state index in [1.807, 2.05) is 19.9 Å². The van der Waals surface area contributed by atoms with Crippen molar-refractivity contribution in [1.29, 1.82) is 0 Å². The fourth-order valence-electron chi connectivity index (χ4n) is 2.56. The van der Waals surface area contributed by atoms with Crippen LogP contribution < -0.4 is 5.32 Å². The molecule has 3 aromatic rings. The average Bonchev–Trinajstić information content (AvgIpc) is 2.66. The van der Waals surface area contributed by atoms with Gasteiger partial charge in [0.2, 0.25) is 15.7 Å². The van der Waals surface area contributed by atoms with E-state index in [-0.39, 0.29) is 21.5 Å². The average molecular weight is 414 g/mol. The van der Waals surface area contributed by atoms with Crippen molar-refractivity contribution in [3.8, 4) is 0 Å². The minimum atomic E-state index is -3.64. The number of aryl methyl sites for hydroxylation is 2. The maximum Gasteiger partial charge on any atom is 0.234 e. The largest absolute Gasteiger partial charge is 0.325 e. The molecule has 0 fully saturated rings. The topological polar surface area (TPSA) is 89.0 Å². The van der Waals surface area contributed by atoms with Crippen molar-refractivity contribution in [2.45, 2.75) is 28.8 Å². The van der Waals surface area contributed by atoms with Crippen LogP contribution in [0.5, 0.6) is 0 Å². The van der Waals surface area contributed by atoms with E-state index < -0.39 is 9.84 Å². The van der Waals surface area contributed by atoms with Gasteiger partial charge in [-0.15, -0.1) is 0 Å². The standard InChI is InChI=1S/C20H19N3O3S2/c1-14-11-15(2)22-20(21-14)27-13-19(24)23-16-7-6-10-18(12-16)28(25,26)17-8-4-3-5-9-17/h3-12H,13H2,1-2H3,(H,23,24). The molecule has 28 heavy (non-hydrogen) atoms. The molecule has 1 amide bonds. The minimum Gasteiger partial charge on any atom is -0.325 e. The van der Waals surface area contributed by atoms with Gasteiger partial charge < -0.3 is 5.32 Å². The molecular formula is C20H19N3O3S2. The van der Waals surface area contributed by atoms with Gasteiger partial charge in [0.15, 0.2) is 5.16 Å². The van der Waals surface area contributed by atoms with Gasteiger partial charge in [0.25, 0.3) is 0 Å². The molecule has 1 N–H and O–H groups in total. The van der Waals surface area contributed by atoms with Crippen molar-refractivity contribution in [1.82, 2.24) is 9.97 Å². The summed E-state index contributed by atoms with van der Waals surface area (Å²) in [6.45, 7) is 3.75. The van der Waals surface area contributed by atoms with Gasteiger partial charge >= 0.3 is 0 Å². The fourth-order valence-corrected chi connectivity index (χ4v) is 4.64. The van der Waals surface area contributed by atoms with Crippen molar-refractivity contribution in [3.63, 3.8) is 0 Å². The van der Waals surface area contributed by atoms with Crippen molar-refractivity contribution in [2.75, 3.05) is 11.1 Å². The summed E-state index contributed by atoms with van der Waals surface area (Å²) < 4.78 is 25.4.